The molecule has 0 saturated carbocycles. The molecule has 0 spiro atoms. The zero-order chi connectivity index (χ0) is 12.5. The second-order valence-corrected chi connectivity index (χ2v) is 4.52. The lowest BCUT2D eigenvalue weighted by atomic mass is 9.95. The zero-order valence-electron chi connectivity index (χ0n) is 10.4. The minimum Gasteiger partial charge on any atom is -0.377 e. The van der Waals surface area contributed by atoms with Gasteiger partial charge in [0.2, 0.25) is 0 Å². The van der Waals surface area contributed by atoms with Crippen LogP contribution >= 0.6 is 0 Å². The Morgan fingerprint density at radius 1 is 1.56 bits per heavy atom. The molecule has 0 saturated heterocycles. The molecule has 3 heterocycles. The number of nitrogens with one attached hydrogen (secondary N) is 2. The lowest BCUT2D eigenvalue weighted by molar-refractivity contribution is -0.117. The number of hydrogen-bond acceptors (Lipinski definition) is 5. The number of nitrogens with zero attached hydrogens (tertiary/aromatic N) is 2. The van der Waals surface area contributed by atoms with Gasteiger partial charge in [0.05, 0.1) is 13.1 Å². The van der Waals surface area contributed by atoms with Crippen LogP contribution in [0.2, 0.25) is 0 Å². The highest BCUT2D eigenvalue weighted by atomic mass is 16.1. The predicted molar refractivity (Wildman–Crippen MR) is 69.8 cm³/mol. The molecule has 0 fully saturated rings. The SMILES string of the molecule is CCNN1CC2=C(NCC(=O)C2)c2cccnc21. The first-order valence-electron chi connectivity index (χ1n) is 6.23. The van der Waals surface area contributed by atoms with Crippen molar-refractivity contribution >= 4 is 17.3 Å². The van der Waals surface area contributed by atoms with E-state index in [-0.39, 0.29) is 5.78 Å². The molecule has 1 aromatic rings. The molecule has 0 aromatic carbocycles. The minimum absolute atomic E-state index is 0.248. The smallest absolute Gasteiger partial charge is 0.156 e. The average Bonchev–Trinajstić information content (AvgIpc) is 2.39. The van der Waals surface area contributed by atoms with Crippen LogP contribution < -0.4 is 15.8 Å². The van der Waals surface area contributed by atoms with E-state index in [0.717, 1.165) is 29.2 Å². The van der Waals surface area contributed by atoms with Crippen molar-refractivity contribution in [3.8, 4) is 0 Å². The molecule has 0 aliphatic carbocycles. The average molecular weight is 244 g/mol. The quantitative estimate of drug-likeness (QED) is 0.802. The molecule has 0 atom stereocenters. The summed E-state index contributed by atoms with van der Waals surface area (Å²) in [5, 5.41) is 5.25. The zero-order valence-corrected chi connectivity index (χ0v) is 10.4. The lowest BCUT2D eigenvalue weighted by Gasteiger charge is -2.35. The first-order chi connectivity index (χ1) is 8.79. The van der Waals surface area contributed by atoms with Crippen molar-refractivity contribution in [1.82, 2.24) is 15.7 Å². The van der Waals surface area contributed by atoms with Crippen LogP contribution in [0.1, 0.15) is 18.9 Å². The molecule has 94 valence electrons. The van der Waals surface area contributed by atoms with Crippen LogP contribution in [-0.2, 0) is 4.79 Å². The number of rotatable bonds is 2. The number of Topliss-reactive ketones (excluding diaryl/α,β-unsaturated/α-hetero) is 1. The number of ketones is 1. The Labute approximate surface area is 106 Å². The fourth-order valence-corrected chi connectivity index (χ4v) is 2.52. The second kappa shape index (κ2) is 4.42. The summed E-state index contributed by atoms with van der Waals surface area (Å²) in [4.78, 5) is 16.0. The van der Waals surface area contributed by atoms with Crippen molar-refractivity contribution in [3.63, 3.8) is 0 Å². The van der Waals surface area contributed by atoms with Crippen molar-refractivity contribution in [1.29, 1.82) is 0 Å². The molecule has 0 amide bonds. The Hall–Kier alpha value is -1.88. The van der Waals surface area contributed by atoms with Gasteiger partial charge >= 0.3 is 0 Å². The normalized spacial score (nSPS) is 18.3. The first-order valence-corrected chi connectivity index (χ1v) is 6.23. The van der Waals surface area contributed by atoms with Gasteiger partial charge in [0.15, 0.2) is 11.6 Å². The standard InChI is InChI=1S/C13H16N4O/c1-2-16-17-8-9-6-10(18)7-15-12(9)11-4-3-5-14-13(11)17/h3-5,15-16H,2,6-8H2,1H3. The van der Waals surface area contributed by atoms with Gasteiger partial charge in [0.1, 0.15) is 0 Å². The molecule has 0 radical (unpaired) electrons. The largest absolute Gasteiger partial charge is 0.377 e. The highest BCUT2D eigenvalue weighted by molar-refractivity contribution is 5.92. The summed E-state index contributed by atoms with van der Waals surface area (Å²) < 4.78 is 0. The molecule has 0 bridgehead atoms. The fourth-order valence-electron chi connectivity index (χ4n) is 2.52. The Kier molecular flexibility index (Phi) is 2.76. The van der Waals surface area contributed by atoms with Crippen LogP contribution in [0, 0.1) is 0 Å². The maximum absolute atomic E-state index is 11.5. The van der Waals surface area contributed by atoms with E-state index < -0.39 is 0 Å². The summed E-state index contributed by atoms with van der Waals surface area (Å²) in [6, 6.07) is 3.97. The highest BCUT2D eigenvalue weighted by Crippen LogP contribution is 2.33. The van der Waals surface area contributed by atoms with Gasteiger partial charge in [-0.3, -0.25) is 9.80 Å². The molecule has 0 unspecified atom stereocenters. The predicted octanol–water partition coefficient (Wildman–Crippen LogP) is 0.700. The van der Waals surface area contributed by atoms with E-state index in [1.165, 1.54) is 0 Å². The molecule has 2 N–H and O–H groups in total. The van der Waals surface area contributed by atoms with E-state index in [0.29, 0.717) is 19.5 Å². The van der Waals surface area contributed by atoms with E-state index in [4.69, 9.17) is 0 Å². The Morgan fingerprint density at radius 2 is 2.44 bits per heavy atom. The maximum atomic E-state index is 11.5. The van der Waals surface area contributed by atoms with Gasteiger partial charge in [-0.05, 0) is 17.7 Å². The van der Waals surface area contributed by atoms with Crippen LogP contribution in [0.3, 0.4) is 0 Å². The molecular formula is C13H16N4O. The van der Waals surface area contributed by atoms with Crippen LogP contribution in [0.4, 0.5) is 5.82 Å². The summed E-state index contributed by atoms with van der Waals surface area (Å²) >= 11 is 0. The third-order valence-electron chi connectivity index (χ3n) is 3.24. The Balaban J connectivity index is 2.06. The number of hydrazine groups is 1. The van der Waals surface area contributed by atoms with Crippen molar-refractivity contribution in [2.24, 2.45) is 0 Å². The monoisotopic (exact) mass is 244 g/mol. The molecular weight excluding hydrogens is 228 g/mol. The van der Waals surface area contributed by atoms with E-state index in [1.807, 2.05) is 17.1 Å². The van der Waals surface area contributed by atoms with Crippen LogP contribution in [0.25, 0.3) is 5.70 Å². The number of carbonyl (C=O) groups excluding carboxylic acids is 1. The molecule has 18 heavy (non-hydrogen) atoms. The number of fused-ring (bicyclic) bond motifs is 2. The molecule has 2 aliphatic heterocycles. The summed E-state index contributed by atoms with van der Waals surface area (Å²) in [5.74, 6) is 1.18. The Bertz CT molecular complexity index is 523. The first kappa shape index (κ1) is 11.2. The van der Waals surface area contributed by atoms with Crippen molar-refractivity contribution in [2.75, 3.05) is 24.6 Å². The van der Waals surface area contributed by atoms with Gasteiger partial charge < -0.3 is 5.32 Å². The molecule has 1 aromatic heterocycles. The van der Waals surface area contributed by atoms with Gasteiger partial charge in [0, 0.05) is 30.4 Å². The van der Waals surface area contributed by atoms with Crippen molar-refractivity contribution < 1.29 is 4.79 Å². The summed E-state index contributed by atoms with van der Waals surface area (Å²) in [7, 11) is 0. The summed E-state index contributed by atoms with van der Waals surface area (Å²) in [6.07, 6.45) is 2.33. The molecule has 3 rings (SSSR count). The van der Waals surface area contributed by atoms with Crippen molar-refractivity contribution in [3.05, 3.63) is 29.5 Å². The van der Waals surface area contributed by atoms with E-state index in [2.05, 4.69) is 22.7 Å². The number of pyridine rings is 1. The molecule has 5 heteroatoms. The lowest BCUT2D eigenvalue weighted by Crippen LogP contribution is -2.45. The van der Waals surface area contributed by atoms with Crippen molar-refractivity contribution in [2.45, 2.75) is 13.3 Å². The van der Waals surface area contributed by atoms with Gasteiger partial charge in [-0.1, -0.05) is 6.92 Å². The number of anilines is 1. The van der Waals surface area contributed by atoms with Gasteiger partial charge in [-0.25, -0.2) is 10.4 Å². The third kappa shape index (κ3) is 1.76. The summed E-state index contributed by atoms with van der Waals surface area (Å²) in [5.41, 5.74) is 6.60. The van der Waals surface area contributed by atoms with Gasteiger partial charge in [0.25, 0.3) is 0 Å². The Morgan fingerprint density at radius 3 is 3.28 bits per heavy atom. The minimum atomic E-state index is 0.248. The van der Waals surface area contributed by atoms with Crippen LogP contribution in [0.5, 0.6) is 0 Å². The topological polar surface area (TPSA) is 57.3 Å². The van der Waals surface area contributed by atoms with Gasteiger partial charge in [-0.15, -0.1) is 0 Å². The van der Waals surface area contributed by atoms with E-state index in [1.54, 1.807) is 6.20 Å². The maximum Gasteiger partial charge on any atom is 0.156 e. The number of carbonyl (C=O) groups is 1. The molecule has 2 aliphatic rings. The van der Waals surface area contributed by atoms with Crippen LogP contribution in [-0.4, -0.2) is 30.4 Å². The third-order valence-corrected chi connectivity index (χ3v) is 3.24. The highest BCUT2D eigenvalue weighted by Gasteiger charge is 2.28. The van der Waals surface area contributed by atoms with E-state index in [9.17, 15) is 4.79 Å². The summed E-state index contributed by atoms with van der Waals surface area (Å²) in [6.45, 7) is 4.02. The second-order valence-electron chi connectivity index (χ2n) is 4.52. The van der Waals surface area contributed by atoms with Gasteiger partial charge in [-0.2, -0.15) is 0 Å². The number of aromatic nitrogens is 1. The van der Waals surface area contributed by atoms with Crippen LogP contribution in [0.15, 0.2) is 23.9 Å². The van der Waals surface area contributed by atoms with E-state index >= 15 is 0 Å². The molecule has 5 nitrogen and oxygen atoms in total. The fraction of sp³-hybridized carbons (Fsp3) is 0.385. The number of hydrogen-bond donors (Lipinski definition) is 2.